The minimum Gasteiger partial charge on any atom is -0.372 e. The van der Waals surface area contributed by atoms with Gasteiger partial charge in [-0.3, -0.25) is 4.79 Å². The molecule has 4 nitrogen and oxygen atoms in total. The zero-order valence-electron chi connectivity index (χ0n) is 14.1. The minimum atomic E-state index is -4.90. The number of carbonyl (C=O) groups excluding carboxylic acids is 1. The molecule has 2 aliphatic rings. The number of rotatable bonds is 3. The van der Waals surface area contributed by atoms with Crippen molar-refractivity contribution in [2.75, 3.05) is 6.54 Å². The molecule has 1 aromatic rings. The number of benzene rings is 1. The molecule has 27 heavy (non-hydrogen) atoms. The minimum absolute atomic E-state index is 0.0804. The second-order valence-electron chi connectivity index (χ2n) is 6.90. The molecule has 0 bridgehead atoms. The van der Waals surface area contributed by atoms with E-state index in [1.54, 1.807) is 11.8 Å². The molecule has 0 aliphatic carbocycles. The fraction of sp³-hybridized carbons (Fsp3) is 0.562. The molecule has 2 aliphatic heterocycles. The van der Waals surface area contributed by atoms with E-state index in [4.69, 9.17) is 10.5 Å². The number of amides is 1. The van der Waals surface area contributed by atoms with Gasteiger partial charge in [0.15, 0.2) is 0 Å². The fourth-order valence-corrected chi connectivity index (χ4v) is 5.02. The van der Waals surface area contributed by atoms with E-state index in [1.165, 1.54) is 0 Å². The summed E-state index contributed by atoms with van der Waals surface area (Å²) in [4.78, 5) is 13.7. The van der Waals surface area contributed by atoms with Gasteiger partial charge in [0, 0.05) is 6.54 Å². The monoisotopic (exact) mass is 414 g/mol. The van der Waals surface area contributed by atoms with Crippen LogP contribution in [0.2, 0.25) is 0 Å². The van der Waals surface area contributed by atoms with Crippen molar-refractivity contribution >= 4 is 14.5 Å². The molecular formula is C16H17F6N2O2P. The predicted molar refractivity (Wildman–Crippen MR) is 86.0 cm³/mol. The van der Waals surface area contributed by atoms with Crippen molar-refractivity contribution in [1.29, 1.82) is 0 Å². The molecule has 11 heteroatoms. The normalized spacial score (nSPS) is 29.6. The summed E-state index contributed by atoms with van der Waals surface area (Å²) in [6.45, 7) is 1.47. The molecule has 150 valence electrons. The third-order valence-corrected chi connectivity index (χ3v) is 6.26. The lowest BCUT2D eigenvalue weighted by atomic mass is 10.1. The highest BCUT2D eigenvalue weighted by atomic mass is 31.1. The maximum atomic E-state index is 12.9. The molecule has 2 heterocycles. The first kappa shape index (κ1) is 20.4. The first-order valence-corrected chi connectivity index (χ1v) is 9.13. The second kappa shape index (κ2) is 6.60. The van der Waals surface area contributed by atoms with E-state index in [9.17, 15) is 31.1 Å². The maximum Gasteiger partial charge on any atom is 0.416 e. The number of fused-ring (bicyclic) bond motifs is 1. The summed E-state index contributed by atoms with van der Waals surface area (Å²) in [5.41, 5.74) is 2.93. The van der Waals surface area contributed by atoms with Crippen molar-refractivity contribution in [1.82, 2.24) is 4.90 Å². The Hall–Kier alpha value is -1.38. The van der Waals surface area contributed by atoms with Crippen molar-refractivity contribution in [3.05, 3.63) is 34.9 Å². The highest BCUT2D eigenvalue weighted by molar-refractivity contribution is 7.43. The van der Waals surface area contributed by atoms with Gasteiger partial charge in [0.2, 0.25) is 5.91 Å². The average Bonchev–Trinajstić information content (AvgIpc) is 3.00. The molecular weight excluding hydrogens is 397 g/mol. The van der Waals surface area contributed by atoms with Gasteiger partial charge in [0.1, 0.15) is 5.28 Å². The van der Waals surface area contributed by atoms with Gasteiger partial charge in [0.05, 0.1) is 29.6 Å². The molecule has 3 rings (SSSR count). The lowest BCUT2D eigenvalue weighted by Crippen LogP contribution is -2.44. The molecule has 3 unspecified atom stereocenters. The second-order valence-corrected chi connectivity index (χ2v) is 8.90. The van der Waals surface area contributed by atoms with Crippen molar-refractivity contribution in [2.24, 2.45) is 5.73 Å². The van der Waals surface area contributed by atoms with Gasteiger partial charge >= 0.3 is 12.4 Å². The molecule has 4 atom stereocenters. The number of hydrogen-bond donors (Lipinski definition) is 1. The van der Waals surface area contributed by atoms with E-state index in [0.717, 1.165) is 0 Å². The smallest absolute Gasteiger partial charge is 0.372 e. The summed E-state index contributed by atoms with van der Waals surface area (Å²) < 4.78 is 82.8. The predicted octanol–water partition coefficient (Wildman–Crippen LogP) is 3.53. The first-order valence-electron chi connectivity index (χ1n) is 8.05. The molecule has 1 aromatic carbocycles. The average molecular weight is 414 g/mol. The van der Waals surface area contributed by atoms with Crippen LogP contribution in [0.4, 0.5) is 26.3 Å². The Morgan fingerprint density at radius 3 is 2.22 bits per heavy atom. The SMILES string of the molecule is C[C@]1(N)PC2CC(OCc3cc(C(F)(F)F)cc(C(F)(F)F)c3)CN2C1=O. The van der Waals surface area contributed by atoms with Crippen molar-refractivity contribution < 1.29 is 35.9 Å². The van der Waals surface area contributed by atoms with Gasteiger partial charge in [-0.2, -0.15) is 26.3 Å². The Morgan fingerprint density at radius 2 is 1.74 bits per heavy atom. The summed E-state index contributed by atoms with van der Waals surface area (Å²) in [5.74, 6) is -0.305. The van der Waals surface area contributed by atoms with Gasteiger partial charge < -0.3 is 15.4 Å². The van der Waals surface area contributed by atoms with Crippen LogP contribution in [0.1, 0.15) is 30.0 Å². The standard InChI is InChI=1S/C16H17F6N2O2P/c1-14(23)13(25)24-6-11(5-12(24)27-14)26-7-8-2-9(15(17,18)19)4-10(3-8)16(20,21)22/h2-4,11-12,27H,5-7,23H2,1H3/t11?,12?,14-/m0/s1. The Balaban J connectivity index is 1.71. The van der Waals surface area contributed by atoms with Crippen LogP contribution >= 0.6 is 8.58 Å². The summed E-state index contributed by atoms with van der Waals surface area (Å²) >= 11 is 0. The molecule has 0 aromatic heterocycles. The van der Waals surface area contributed by atoms with E-state index in [-0.39, 0.29) is 38.4 Å². The van der Waals surface area contributed by atoms with Crippen LogP contribution in [0.3, 0.4) is 0 Å². The number of alkyl halides is 6. The van der Waals surface area contributed by atoms with Gasteiger partial charge in [-0.25, -0.2) is 0 Å². The van der Waals surface area contributed by atoms with Crippen LogP contribution in [0.25, 0.3) is 0 Å². The number of halogens is 6. The topological polar surface area (TPSA) is 55.6 Å². The van der Waals surface area contributed by atoms with Gasteiger partial charge in [-0.15, -0.1) is 0 Å². The third-order valence-electron chi connectivity index (χ3n) is 4.57. The van der Waals surface area contributed by atoms with Crippen molar-refractivity contribution in [3.8, 4) is 0 Å². The molecule has 0 spiro atoms. The van der Waals surface area contributed by atoms with Crippen LogP contribution in [-0.4, -0.2) is 34.5 Å². The van der Waals surface area contributed by atoms with Crippen LogP contribution in [0.15, 0.2) is 18.2 Å². The molecule has 1 amide bonds. The van der Waals surface area contributed by atoms with Crippen LogP contribution < -0.4 is 5.73 Å². The molecule has 0 radical (unpaired) electrons. The molecule has 2 fully saturated rings. The zero-order valence-corrected chi connectivity index (χ0v) is 15.1. The molecule has 0 saturated carbocycles. The number of nitrogens with two attached hydrogens (primary N) is 1. The van der Waals surface area contributed by atoms with E-state index in [1.807, 2.05) is 0 Å². The quantitative estimate of drug-likeness (QED) is 0.608. The maximum absolute atomic E-state index is 12.9. The highest BCUT2D eigenvalue weighted by Crippen LogP contribution is 2.48. The fourth-order valence-electron chi connectivity index (χ4n) is 3.30. The van der Waals surface area contributed by atoms with Gasteiger partial charge in [0.25, 0.3) is 0 Å². The molecule has 2 N–H and O–H groups in total. The lowest BCUT2D eigenvalue weighted by molar-refractivity contribution is -0.143. The van der Waals surface area contributed by atoms with E-state index in [0.29, 0.717) is 18.6 Å². The molecule has 2 saturated heterocycles. The zero-order chi connectivity index (χ0) is 20.2. The van der Waals surface area contributed by atoms with E-state index >= 15 is 0 Å². The van der Waals surface area contributed by atoms with Gasteiger partial charge in [-0.1, -0.05) is 8.58 Å². The summed E-state index contributed by atoms with van der Waals surface area (Å²) in [7, 11) is 0.164. The summed E-state index contributed by atoms with van der Waals surface area (Å²) in [6, 6.07) is 1.38. The summed E-state index contributed by atoms with van der Waals surface area (Å²) in [6.07, 6.45) is -9.79. The van der Waals surface area contributed by atoms with Crippen molar-refractivity contribution in [3.63, 3.8) is 0 Å². The Kier molecular flexibility index (Phi) is 4.98. The van der Waals surface area contributed by atoms with Crippen LogP contribution in [-0.2, 0) is 28.5 Å². The van der Waals surface area contributed by atoms with Gasteiger partial charge in [-0.05, 0) is 37.1 Å². The van der Waals surface area contributed by atoms with E-state index < -0.39 is 41.5 Å². The van der Waals surface area contributed by atoms with Crippen LogP contribution in [0, 0.1) is 0 Å². The Morgan fingerprint density at radius 1 is 1.19 bits per heavy atom. The number of hydrogen-bond acceptors (Lipinski definition) is 3. The number of carbonyl (C=O) groups is 1. The number of nitrogens with zero attached hydrogens (tertiary/aromatic N) is 1. The lowest BCUT2D eigenvalue weighted by Gasteiger charge is -2.20. The Labute approximate surface area is 152 Å². The first-order chi connectivity index (χ1) is 12.3. The highest BCUT2D eigenvalue weighted by Gasteiger charge is 2.50. The Bertz CT molecular complexity index is 717. The third kappa shape index (κ3) is 4.22. The number of ether oxygens (including phenoxy) is 1. The van der Waals surface area contributed by atoms with Crippen LogP contribution in [0.5, 0.6) is 0 Å². The largest absolute Gasteiger partial charge is 0.416 e. The van der Waals surface area contributed by atoms with E-state index in [2.05, 4.69) is 0 Å². The van der Waals surface area contributed by atoms with Crippen molar-refractivity contribution in [2.45, 2.75) is 49.5 Å². The summed E-state index contributed by atoms with van der Waals surface area (Å²) in [5, 5.41) is -0.918.